The summed E-state index contributed by atoms with van der Waals surface area (Å²) >= 11 is 0. The normalized spacial score (nSPS) is 12.7. The van der Waals surface area contributed by atoms with Crippen LogP contribution >= 0.6 is 0 Å². The first-order valence-electron chi connectivity index (χ1n) is 3.48. The summed E-state index contributed by atoms with van der Waals surface area (Å²) in [7, 11) is 0. The Morgan fingerprint density at radius 2 is 2.18 bits per heavy atom. The second kappa shape index (κ2) is 7.24. The summed E-state index contributed by atoms with van der Waals surface area (Å²) in [6.07, 6.45) is 3.48. The number of nitrogens with two attached hydrogens (primary N) is 1. The summed E-state index contributed by atoms with van der Waals surface area (Å²) in [4.78, 5) is 3.96. The molecule has 0 aromatic rings. The molecule has 64 valence electrons. The van der Waals surface area contributed by atoms with Crippen LogP contribution < -0.4 is 5.73 Å². The van der Waals surface area contributed by atoms with Gasteiger partial charge >= 0.3 is 0 Å². The number of hydrogen-bond donors (Lipinski definition) is 3. The molecule has 0 aliphatic heterocycles. The van der Waals surface area contributed by atoms with Gasteiger partial charge in [0.05, 0.1) is 12.3 Å². The molecule has 0 aliphatic carbocycles. The van der Waals surface area contributed by atoms with Crippen LogP contribution in [-0.4, -0.2) is 35.7 Å². The third kappa shape index (κ3) is 5.57. The molecule has 0 aromatic carbocycles. The van der Waals surface area contributed by atoms with E-state index in [1.807, 2.05) is 0 Å². The minimum atomic E-state index is -0.112. The first-order valence-corrected chi connectivity index (χ1v) is 3.48. The fraction of sp³-hybridized carbons (Fsp3) is 0.571. The van der Waals surface area contributed by atoms with E-state index in [1.54, 1.807) is 0 Å². The van der Waals surface area contributed by atoms with E-state index >= 15 is 0 Å². The molecule has 4 heteroatoms. The lowest BCUT2D eigenvalue weighted by molar-refractivity contribution is 0.291. The molecule has 0 aromatic heterocycles. The summed E-state index contributed by atoms with van der Waals surface area (Å²) in [5, 5.41) is 17.1. The van der Waals surface area contributed by atoms with Crippen molar-refractivity contribution < 1.29 is 10.2 Å². The van der Waals surface area contributed by atoms with Crippen molar-refractivity contribution >= 4 is 5.71 Å². The fourth-order valence-electron chi connectivity index (χ4n) is 0.560. The molecule has 4 nitrogen and oxygen atoms in total. The van der Waals surface area contributed by atoms with Gasteiger partial charge in [0, 0.05) is 13.2 Å². The van der Waals surface area contributed by atoms with Crippen LogP contribution in [0.25, 0.3) is 0 Å². The van der Waals surface area contributed by atoms with Gasteiger partial charge in [0.25, 0.3) is 0 Å². The van der Waals surface area contributed by atoms with Crippen LogP contribution in [-0.2, 0) is 0 Å². The third-order valence-electron chi connectivity index (χ3n) is 1.08. The standard InChI is InChI=1S/C7H14N2O2/c8-3-2-7(6-11)9-4-1-5-10/h2-3,10-11H,1,4-6,8H2. The molecule has 0 amide bonds. The lowest BCUT2D eigenvalue weighted by atomic mass is 10.3. The van der Waals surface area contributed by atoms with Crippen molar-refractivity contribution in [1.29, 1.82) is 0 Å². The number of hydrogen-bond acceptors (Lipinski definition) is 4. The molecule has 4 N–H and O–H groups in total. The van der Waals surface area contributed by atoms with Crippen LogP contribution in [0.5, 0.6) is 0 Å². The highest BCUT2D eigenvalue weighted by Gasteiger charge is 1.88. The van der Waals surface area contributed by atoms with E-state index < -0.39 is 0 Å². The predicted molar refractivity (Wildman–Crippen MR) is 44.4 cm³/mol. The molecule has 0 bridgehead atoms. The molecular weight excluding hydrogens is 144 g/mol. The van der Waals surface area contributed by atoms with Crippen LogP contribution in [0.15, 0.2) is 17.3 Å². The van der Waals surface area contributed by atoms with Crippen molar-refractivity contribution in [3.8, 4) is 0 Å². The smallest absolute Gasteiger partial charge is 0.0849 e. The van der Waals surface area contributed by atoms with Gasteiger partial charge in [0.2, 0.25) is 0 Å². The lowest BCUT2D eigenvalue weighted by Gasteiger charge is -1.94. The van der Waals surface area contributed by atoms with E-state index in [9.17, 15) is 0 Å². The Balaban J connectivity index is 3.71. The Labute approximate surface area is 66.1 Å². The average molecular weight is 158 g/mol. The largest absolute Gasteiger partial charge is 0.405 e. The first kappa shape index (κ1) is 10.1. The van der Waals surface area contributed by atoms with Crippen LogP contribution in [0.4, 0.5) is 0 Å². The van der Waals surface area contributed by atoms with Crippen molar-refractivity contribution in [2.45, 2.75) is 6.42 Å². The van der Waals surface area contributed by atoms with E-state index in [0.29, 0.717) is 18.7 Å². The van der Waals surface area contributed by atoms with Crippen molar-refractivity contribution in [3.63, 3.8) is 0 Å². The molecule has 0 spiro atoms. The number of aliphatic imine (C=N–C) groups is 1. The van der Waals surface area contributed by atoms with E-state index in [4.69, 9.17) is 15.9 Å². The monoisotopic (exact) mass is 158 g/mol. The SMILES string of the molecule is NC=CC(CO)=NCCCO. The maximum Gasteiger partial charge on any atom is 0.0849 e. The molecule has 0 fully saturated rings. The summed E-state index contributed by atoms with van der Waals surface area (Å²) in [5.74, 6) is 0. The first-order chi connectivity index (χ1) is 5.35. The molecule has 0 aliphatic rings. The molecule has 0 unspecified atom stereocenters. The number of aliphatic hydroxyl groups is 2. The Morgan fingerprint density at radius 3 is 2.64 bits per heavy atom. The zero-order valence-corrected chi connectivity index (χ0v) is 6.40. The highest BCUT2D eigenvalue weighted by Crippen LogP contribution is 1.84. The van der Waals surface area contributed by atoms with Gasteiger partial charge in [-0.3, -0.25) is 4.99 Å². The Bertz CT molecular complexity index is 143. The highest BCUT2D eigenvalue weighted by atomic mass is 16.3. The number of rotatable bonds is 5. The summed E-state index contributed by atoms with van der Waals surface area (Å²) in [6.45, 7) is 0.532. The van der Waals surface area contributed by atoms with Gasteiger partial charge < -0.3 is 15.9 Å². The minimum absolute atomic E-state index is 0.112. The van der Waals surface area contributed by atoms with Crippen molar-refractivity contribution in [3.05, 3.63) is 12.3 Å². The predicted octanol–water partition coefficient (Wildman–Crippen LogP) is -0.725. The molecule has 0 atom stereocenters. The topological polar surface area (TPSA) is 78.8 Å². The average Bonchev–Trinajstić information content (AvgIpc) is 2.03. The molecular formula is C7H14N2O2. The van der Waals surface area contributed by atoms with Gasteiger partial charge in [-0.05, 0) is 18.7 Å². The van der Waals surface area contributed by atoms with Gasteiger partial charge in [-0.2, -0.15) is 0 Å². The number of nitrogens with zero attached hydrogens (tertiary/aromatic N) is 1. The fourth-order valence-corrected chi connectivity index (χ4v) is 0.560. The van der Waals surface area contributed by atoms with Gasteiger partial charge in [-0.1, -0.05) is 0 Å². The molecule has 0 rings (SSSR count). The third-order valence-corrected chi connectivity index (χ3v) is 1.08. The Kier molecular flexibility index (Phi) is 6.67. The van der Waals surface area contributed by atoms with Crippen LogP contribution in [0.1, 0.15) is 6.42 Å². The molecule has 0 heterocycles. The summed E-state index contributed by atoms with van der Waals surface area (Å²) in [5.41, 5.74) is 5.63. The second-order valence-corrected chi connectivity index (χ2v) is 1.97. The van der Waals surface area contributed by atoms with Gasteiger partial charge in [0.15, 0.2) is 0 Å². The summed E-state index contributed by atoms with van der Waals surface area (Å²) < 4.78 is 0. The van der Waals surface area contributed by atoms with Crippen LogP contribution in [0.3, 0.4) is 0 Å². The van der Waals surface area contributed by atoms with Crippen LogP contribution in [0, 0.1) is 0 Å². The van der Waals surface area contributed by atoms with E-state index in [0.717, 1.165) is 0 Å². The molecule has 0 saturated heterocycles. The maximum absolute atomic E-state index is 8.66. The Hall–Kier alpha value is -0.870. The van der Waals surface area contributed by atoms with Gasteiger partial charge in [-0.15, -0.1) is 0 Å². The minimum Gasteiger partial charge on any atom is -0.405 e. The zero-order chi connectivity index (χ0) is 8.53. The molecule has 0 saturated carbocycles. The van der Waals surface area contributed by atoms with Crippen molar-refractivity contribution in [2.75, 3.05) is 19.8 Å². The van der Waals surface area contributed by atoms with Gasteiger partial charge in [-0.25, -0.2) is 0 Å². The zero-order valence-electron chi connectivity index (χ0n) is 6.40. The van der Waals surface area contributed by atoms with Crippen LogP contribution in [0.2, 0.25) is 0 Å². The Morgan fingerprint density at radius 1 is 1.45 bits per heavy atom. The molecule has 11 heavy (non-hydrogen) atoms. The number of aliphatic hydroxyl groups excluding tert-OH is 2. The second-order valence-electron chi connectivity index (χ2n) is 1.97. The van der Waals surface area contributed by atoms with E-state index in [2.05, 4.69) is 4.99 Å². The summed E-state index contributed by atoms with van der Waals surface area (Å²) in [6, 6.07) is 0. The quantitative estimate of drug-likeness (QED) is 0.365. The maximum atomic E-state index is 8.66. The van der Waals surface area contributed by atoms with Crippen molar-refractivity contribution in [1.82, 2.24) is 0 Å². The van der Waals surface area contributed by atoms with Crippen molar-refractivity contribution in [2.24, 2.45) is 10.7 Å². The van der Waals surface area contributed by atoms with Gasteiger partial charge in [0.1, 0.15) is 0 Å². The molecule has 0 radical (unpaired) electrons. The highest BCUT2D eigenvalue weighted by molar-refractivity contribution is 5.95. The van der Waals surface area contributed by atoms with E-state index in [1.165, 1.54) is 12.3 Å². The van der Waals surface area contributed by atoms with E-state index in [-0.39, 0.29) is 13.2 Å². The lowest BCUT2D eigenvalue weighted by Crippen LogP contribution is -2.03.